The lowest BCUT2D eigenvalue weighted by Gasteiger charge is -2.14. The SMILES string of the molecule is Cc1c(C(C)C)cccc1C(C)F. The summed E-state index contributed by atoms with van der Waals surface area (Å²) in [6.45, 7) is 7.86. The van der Waals surface area contributed by atoms with Crippen LogP contribution in [-0.4, -0.2) is 0 Å². The largest absolute Gasteiger partial charge is 0.243 e. The lowest BCUT2D eigenvalue weighted by atomic mass is 9.93. The molecular formula is C12H17F. The highest BCUT2D eigenvalue weighted by Crippen LogP contribution is 2.27. The van der Waals surface area contributed by atoms with Crippen LogP contribution in [0.5, 0.6) is 0 Å². The number of benzene rings is 1. The van der Waals surface area contributed by atoms with Crippen LogP contribution in [0, 0.1) is 6.92 Å². The minimum absolute atomic E-state index is 0.471. The van der Waals surface area contributed by atoms with Crippen molar-refractivity contribution in [2.24, 2.45) is 0 Å². The summed E-state index contributed by atoms with van der Waals surface area (Å²) in [5.41, 5.74) is 3.18. The molecule has 0 bridgehead atoms. The normalized spacial score (nSPS) is 13.4. The molecule has 1 rings (SSSR count). The molecule has 0 spiro atoms. The molecule has 0 aliphatic heterocycles. The van der Waals surface area contributed by atoms with Gasteiger partial charge in [-0.15, -0.1) is 0 Å². The molecule has 0 N–H and O–H groups in total. The van der Waals surface area contributed by atoms with Crippen molar-refractivity contribution in [3.05, 3.63) is 34.9 Å². The van der Waals surface area contributed by atoms with Crippen LogP contribution in [0.4, 0.5) is 4.39 Å². The third kappa shape index (κ3) is 2.09. The maximum atomic E-state index is 13.1. The minimum Gasteiger partial charge on any atom is -0.243 e. The van der Waals surface area contributed by atoms with Gasteiger partial charge in [0.05, 0.1) is 0 Å². The van der Waals surface area contributed by atoms with E-state index in [9.17, 15) is 4.39 Å². The van der Waals surface area contributed by atoms with Crippen molar-refractivity contribution in [3.63, 3.8) is 0 Å². The lowest BCUT2D eigenvalue weighted by molar-refractivity contribution is 0.372. The first-order chi connectivity index (χ1) is 6.04. The molecule has 1 heteroatoms. The molecule has 0 fully saturated rings. The van der Waals surface area contributed by atoms with Crippen LogP contribution in [-0.2, 0) is 0 Å². The molecule has 0 aliphatic carbocycles. The van der Waals surface area contributed by atoms with Crippen LogP contribution in [0.2, 0.25) is 0 Å². The summed E-state index contributed by atoms with van der Waals surface area (Å²) >= 11 is 0. The molecule has 1 aromatic carbocycles. The summed E-state index contributed by atoms with van der Waals surface area (Å²) in [4.78, 5) is 0. The summed E-state index contributed by atoms with van der Waals surface area (Å²) in [5.74, 6) is 0.471. The Morgan fingerprint density at radius 1 is 1.08 bits per heavy atom. The Morgan fingerprint density at radius 2 is 1.62 bits per heavy atom. The molecule has 1 unspecified atom stereocenters. The van der Waals surface area contributed by atoms with Crippen molar-refractivity contribution in [1.29, 1.82) is 0 Å². The molecular weight excluding hydrogens is 163 g/mol. The predicted molar refractivity (Wildman–Crippen MR) is 54.8 cm³/mol. The predicted octanol–water partition coefficient (Wildman–Crippen LogP) is 4.15. The molecule has 1 aromatic rings. The van der Waals surface area contributed by atoms with E-state index in [0.29, 0.717) is 5.92 Å². The van der Waals surface area contributed by atoms with Gasteiger partial charge in [-0.1, -0.05) is 32.0 Å². The van der Waals surface area contributed by atoms with Crippen LogP contribution < -0.4 is 0 Å². The van der Waals surface area contributed by atoms with Crippen LogP contribution >= 0.6 is 0 Å². The van der Waals surface area contributed by atoms with Gasteiger partial charge < -0.3 is 0 Å². The number of hydrogen-bond acceptors (Lipinski definition) is 0. The van der Waals surface area contributed by atoms with Crippen molar-refractivity contribution in [3.8, 4) is 0 Å². The van der Waals surface area contributed by atoms with Gasteiger partial charge in [-0.25, -0.2) is 4.39 Å². The second-order valence-electron chi connectivity index (χ2n) is 3.83. The molecule has 0 nitrogen and oxygen atoms in total. The van der Waals surface area contributed by atoms with Gasteiger partial charge in [-0.05, 0) is 36.5 Å². The number of hydrogen-bond donors (Lipinski definition) is 0. The molecule has 72 valence electrons. The average Bonchev–Trinajstić information content (AvgIpc) is 2.03. The number of alkyl halides is 1. The summed E-state index contributed by atoms with van der Waals surface area (Å²) in [6, 6.07) is 5.88. The molecule has 0 amide bonds. The highest BCUT2D eigenvalue weighted by molar-refractivity contribution is 5.37. The molecule has 0 saturated heterocycles. The Labute approximate surface area is 79.8 Å². The van der Waals surface area contributed by atoms with E-state index in [0.717, 1.165) is 11.1 Å². The molecule has 0 aromatic heterocycles. The van der Waals surface area contributed by atoms with E-state index in [1.54, 1.807) is 6.92 Å². The highest BCUT2D eigenvalue weighted by Gasteiger charge is 2.10. The van der Waals surface area contributed by atoms with Gasteiger partial charge in [0, 0.05) is 0 Å². The van der Waals surface area contributed by atoms with Gasteiger partial charge >= 0.3 is 0 Å². The van der Waals surface area contributed by atoms with Crippen LogP contribution in [0.3, 0.4) is 0 Å². The van der Waals surface area contributed by atoms with Crippen molar-refractivity contribution in [2.75, 3.05) is 0 Å². The second kappa shape index (κ2) is 3.91. The van der Waals surface area contributed by atoms with E-state index in [1.165, 1.54) is 5.56 Å². The van der Waals surface area contributed by atoms with E-state index in [-0.39, 0.29) is 0 Å². The monoisotopic (exact) mass is 180 g/mol. The Balaban J connectivity index is 3.18. The highest BCUT2D eigenvalue weighted by atomic mass is 19.1. The van der Waals surface area contributed by atoms with Crippen molar-refractivity contribution in [1.82, 2.24) is 0 Å². The lowest BCUT2D eigenvalue weighted by Crippen LogP contribution is -1.97. The van der Waals surface area contributed by atoms with Gasteiger partial charge in [0.25, 0.3) is 0 Å². The Morgan fingerprint density at radius 3 is 2.08 bits per heavy atom. The second-order valence-corrected chi connectivity index (χ2v) is 3.83. The van der Waals surface area contributed by atoms with E-state index < -0.39 is 6.17 Å². The van der Waals surface area contributed by atoms with Gasteiger partial charge in [-0.2, -0.15) is 0 Å². The van der Waals surface area contributed by atoms with E-state index >= 15 is 0 Å². The van der Waals surface area contributed by atoms with Gasteiger partial charge in [-0.3, -0.25) is 0 Å². The maximum Gasteiger partial charge on any atom is 0.123 e. The van der Waals surface area contributed by atoms with Crippen LogP contribution in [0.15, 0.2) is 18.2 Å². The smallest absolute Gasteiger partial charge is 0.123 e. The first-order valence-electron chi connectivity index (χ1n) is 4.77. The zero-order valence-corrected chi connectivity index (χ0v) is 8.76. The number of rotatable bonds is 2. The summed E-state index contributed by atoms with van der Waals surface area (Å²) in [6.07, 6.45) is -0.862. The third-order valence-corrected chi connectivity index (χ3v) is 2.47. The first-order valence-corrected chi connectivity index (χ1v) is 4.77. The Kier molecular flexibility index (Phi) is 3.07. The molecule has 0 heterocycles. The zero-order chi connectivity index (χ0) is 10.0. The van der Waals surface area contributed by atoms with E-state index in [4.69, 9.17) is 0 Å². The Bertz CT molecular complexity index is 261. The molecule has 0 aliphatic rings. The fourth-order valence-corrected chi connectivity index (χ4v) is 1.73. The standard InChI is InChI=1S/C12H17F/c1-8(2)11-6-5-7-12(9(11)3)10(4)13/h5-8,10H,1-4H3. The van der Waals surface area contributed by atoms with E-state index in [1.807, 2.05) is 19.1 Å². The maximum absolute atomic E-state index is 13.1. The average molecular weight is 180 g/mol. The molecule has 0 saturated carbocycles. The first kappa shape index (κ1) is 10.2. The summed E-state index contributed by atoms with van der Waals surface area (Å²) < 4.78 is 13.1. The molecule has 1 atom stereocenters. The fraction of sp³-hybridized carbons (Fsp3) is 0.500. The summed E-state index contributed by atoms with van der Waals surface area (Å²) in [7, 11) is 0. The third-order valence-electron chi connectivity index (χ3n) is 2.47. The summed E-state index contributed by atoms with van der Waals surface area (Å²) in [5, 5.41) is 0. The van der Waals surface area contributed by atoms with Gasteiger partial charge in [0.2, 0.25) is 0 Å². The van der Waals surface area contributed by atoms with E-state index in [2.05, 4.69) is 19.9 Å². The van der Waals surface area contributed by atoms with Gasteiger partial charge in [0.15, 0.2) is 0 Å². The quantitative estimate of drug-likeness (QED) is 0.641. The molecule has 13 heavy (non-hydrogen) atoms. The molecule has 0 radical (unpaired) electrons. The van der Waals surface area contributed by atoms with Gasteiger partial charge in [0.1, 0.15) is 6.17 Å². The fourth-order valence-electron chi connectivity index (χ4n) is 1.73. The number of halogens is 1. The van der Waals surface area contributed by atoms with Crippen molar-refractivity contribution >= 4 is 0 Å². The zero-order valence-electron chi connectivity index (χ0n) is 8.76. The van der Waals surface area contributed by atoms with Crippen molar-refractivity contribution in [2.45, 2.75) is 39.8 Å². The van der Waals surface area contributed by atoms with Crippen LogP contribution in [0.1, 0.15) is 49.6 Å². The topological polar surface area (TPSA) is 0 Å². The van der Waals surface area contributed by atoms with Crippen molar-refractivity contribution < 1.29 is 4.39 Å². The van der Waals surface area contributed by atoms with Crippen LogP contribution in [0.25, 0.3) is 0 Å². The Hall–Kier alpha value is -0.850. The minimum atomic E-state index is -0.862.